The Hall–Kier alpha value is -1.54. The van der Waals surface area contributed by atoms with Gasteiger partial charge in [-0.1, -0.05) is 11.3 Å². The van der Waals surface area contributed by atoms with Crippen molar-refractivity contribution < 1.29 is 19.4 Å². The maximum Gasteiger partial charge on any atom is 0.310 e. The number of rotatable bonds is 5. The van der Waals surface area contributed by atoms with Gasteiger partial charge in [-0.15, -0.1) is 10.2 Å². The van der Waals surface area contributed by atoms with E-state index in [-0.39, 0.29) is 24.1 Å². The Labute approximate surface area is 89.1 Å². The second-order valence-electron chi connectivity index (χ2n) is 2.55. The van der Waals surface area contributed by atoms with E-state index in [1.165, 1.54) is 7.11 Å². The first-order chi connectivity index (χ1) is 7.11. The number of carboxylic acid groups (broad SMARTS) is 1. The van der Waals surface area contributed by atoms with Gasteiger partial charge in [0.2, 0.25) is 5.13 Å². The predicted molar refractivity (Wildman–Crippen MR) is 51.8 cm³/mol. The number of amides is 1. The molecule has 0 aliphatic carbocycles. The van der Waals surface area contributed by atoms with E-state index >= 15 is 0 Å². The molecule has 15 heavy (non-hydrogen) atoms. The maximum atomic E-state index is 11.0. The van der Waals surface area contributed by atoms with Crippen LogP contribution in [0.3, 0.4) is 0 Å². The topological polar surface area (TPSA) is 101 Å². The third-order valence-corrected chi connectivity index (χ3v) is 2.13. The van der Waals surface area contributed by atoms with Crippen LogP contribution in [0.1, 0.15) is 5.01 Å². The fraction of sp³-hybridized carbons (Fsp3) is 0.429. The monoisotopic (exact) mass is 231 g/mol. The van der Waals surface area contributed by atoms with E-state index in [2.05, 4.69) is 20.3 Å². The largest absolute Gasteiger partial charge is 0.481 e. The van der Waals surface area contributed by atoms with Gasteiger partial charge in [-0.05, 0) is 0 Å². The van der Waals surface area contributed by atoms with Crippen molar-refractivity contribution >= 4 is 28.3 Å². The Bertz CT molecular complexity index is 365. The first-order valence-electron chi connectivity index (χ1n) is 3.94. The highest BCUT2D eigenvalue weighted by Crippen LogP contribution is 2.15. The minimum atomic E-state index is -0.985. The first-order valence-corrected chi connectivity index (χ1v) is 4.76. The fourth-order valence-electron chi connectivity index (χ4n) is 0.791. The summed E-state index contributed by atoms with van der Waals surface area (Å²) >= 11 is 1.02. The van der Waals surface area contributed by atoms with Crippen molar-refractivity contribution in [2.24, 2.45) is 0 Å². The second-order valence-corrected chi connectivity index (χ2v) is 3.61. The predicted octanol–water partition coefficient (Wildman–Crippen LogP) is -0.250. The van der Waals surface area contributed by atoms with Gasteiger partial charge in [-0.3, -0.25) is 14.9 Å². The molecule has 1 amide bonds. The number of carboxylic acids is 1. The summed E-state index contributed by atoms with van der Waals surface area (Å²) < 4.78 is 4.60. The molecular weight excluding hydrogens is 222 g/mol. The molecule has 0 radical (unpaired) electrons. The highest BCUT2D eigenvalue weighted by molar-refractivity contribution is 7.15. The van der Waals surface area contributed by atoms with Gasteiger partial charge in [0.25, 0.3) is 5.91 Å². The molecule has 0 aliphatic heterocycles. The van der Waals surface area contributed by atoms with Crippen LogP contribution in [0.4, 0.5) is 5.13 Å². The lowest BCUT2D eigenvalue weighted by atomic mass is 10.5. The highest BCUT2D eigenvalue weighted by atomic mass is 32.1. The zero-order valence-electron chi connectivity index (χ0n) is 7.89. The molecule has 7 nitrogen and oxygen atoms in total. The van der Waals surface area contributed by atoms with Gasteiger partial charge in [-0.2, -0.15) is 0 Å². The van der Waals surface area contributed by atoms with Gasteiger partial charge < -0.3 is 9.84 Å². The van der Waals surface area contributed by atoms with Crippen molar-refractivity contribution in [3.8, 4) is 0 Å². The Kier molecular flexibility index (Phi) is 4.13. The van der Waals surface area contributed by atoms with Crippen LogP contribution in [0.2, 0.25) is 0 Å². The summed E-state index contributed by atoms with van der Waals surface area (Å²) in [6.07, 6.45) is -0.197. The van der Waals surface area contributed by atoms with Crippen LogP contribution >= 0.6 is 11.3 Å². The number of ether oxygens (including phenoxy) is 1. The minimum absolute atomic E-state index is 0.0756. The van der Waals surface area contributed by atoms with Crippen molar-refractivity contribution in [2.75, 3.05) is 19.0 Å². The van der Waals surface area contributed by atoms with Gasteiger partial charge >= 0.3 is 5.97 Å². The van der Waals surface area contributed by atoms with E-state index in [1.807, 2.05) is 0 Å². The van der Waals surface area contributed by atoms with Crippen LogP contribution in [0.25, 0.3) is 0 Å². The lowest BCUT2D eigenvalue weighted by Crippen LogP contribution is -2.16. The number of aliphatic carboxylic acids is 1. The maximum absolute atomic E-state index is 11.0. The molecule has 2 N–H and O–H groups in total. The van der Waals surface area contributed by atoms with Gasteiger partial charge in [0.1, 0.15) is 11.6 Å². The zero-order chi connectivity index (χ0) is 11.3. The highest BCUT2D eigenvalue weighted by Gasteiger charge is 2.09. The molecule has 0 spiro atoms. The molecule has 0 fully saturated rings. The summed E-state index contributed by atoms with van der Waals surface area (Å²) in [5.74, 6) is -1.34. The zero-order valence-corrected chi connectivity index (χ0v) is 8.71. The van der Waals surface area contributed by atoms with Crippen LogP contribution in [0, 0.1) is 0 Å². The normalized spacial score (nSPS) is 9.93. The minimum Gasteiger partial charge on any atom is -0.481 e. The number of carbonyl (C=O) groups excluding carboxylic acids is 1. The number of nitrogens with zero attached hydrogens (tertiary/aromatic N) is 2. The van der Waals surface area contributed by atoms with Crippen LogP contribution < -0.4 is 5.32 Å². The SMILES string of the molecule is COCC(=O)Nc1nnc(CC(=O)O)s1. The summed E-state index contributed by atoms with van der Waals surface area (Å²) in [6, 6.07) is 0. The number of hydrogen-bond donors (Lipinski definition) is 2. The van der Waals surface area contributed by atoms with Crippen molar-refractivity contribution in [3.63, 3.8) is 0 Å². The Morgan fingerprint density at radius 2 is 2.27 bits per heavy atom. The summed E-state index contributed by atoms with van der Waals surface area (Å²) in [5.41, 5.74) is 0. The molecule has 1 aromatic rings. The molecule has 1 aromatic heterocycles. The molecule has 0 saturated carbocycles. The molecule has 0 saturated heterocycles. The van der Waals surface area contributed by atoms with Crippen LogP contribution in [0.15, 0.2) is 0 Å². The number of anilines is 1. The van der Waals surface area contributed by atoms with E-state index in [4.69, 9.17) is 5.11 Å². The number of hydrogen-bond acceptors (Lipinski definition) is 6. The molecule has 0 unspecified atom stereocenters. The summed E-state index contributed by atoms with van der Waals surface area (Å²) in [4.78, 5) is 21.4. The summed E-state index contributed by atoms with van der Waals surface area (Å²) in [7, 11) is 1.40. The van der Waals surface area contributed by atoms with E-state index in [1.54, 1.807) is 0 Å². The third kappa shape index (κ3) is 4.00. The van der Waals surface area contributed by atoms with Crippen molar-refractivity contribution in [2.45, 2.75) is 6.42 Å². The average Bonchev–Trinajstić information content (AvgIpc) is 2.51. The smallest absolute Gasteiger partial charge is 0.310 e. The molecule has 82 valence electrons. The van der Waals surface area contributed by atoms with E-state index in [0.717, 1.165) is 11.3 Å². The van der Waals surface area contributed by atoms with Crippen molar-refractivity contribution in [1.82, 2.24) is 10.2 Å². The Morgan fingerprint density at radius 1 is 1.53 bits per heavy atom. The second kappa shape index (κ2) is 5.37. The van der Waals surface area contributed by atoms with Crippen LogP contribution in [0.5, 0.6) is 0 Å². The lowest BCUT2D eigenvalue weighted by molar-refractivity contribution is -0.136. The molecule has 1 rings (SSSR count). The van der Waals surface area contributed by atoms with Gasteiger partial charge in [0.15, 0.2) is 0 Å². The first kappa shape index (κ1) is 11.5. The summed E-state index contributed by atoms with van der Waals surface area (Å²) in [6.45, 7) is -0.0756. The van der Waals surface area contributed by atoms with E-state index in [0.29, 0.717) is 5.01 Å². The molecule has 0 aromatic carbocycles. The molecular formula is C7H9N3O4S. The summed E-state index contributed by atoms with van der Waals surface area (Å²) in [5, 5.41) is 18.7. The lowest BCUT2D eigenvalue weighted by Gasteiger charge is -1.97. The number of methoxy groups -OCH3 is 1. The molecule has 1 heterocycles. The van der Waals surface area contributed by atoms with E-state index < -0.39 is 5.97 Å². The van der Waals surface area contributed by atoms with E-state index in [9.17, 15) is 9.59 Å². The molecule has 0 bridgehead atoms. The number of aromatic nitrogens is 2. The van der Waals surface area contributed by atoms with Crippen molar-refractivity contribution in [3.05, 3.63) is 5.01 Å². The number of carbonyl (C=O) groups is 2. The quantitative estimate of drug-likeness (QED) is 0.724. The molecule has 8 heteroatoms. The Morgan fingerprint density at radius 3 is 2.87 bits per heavy atom. The third-order valence-electron chi connectivity index (χ3n) is 1.29. The van der Waals surface area contributed by atoms with Crippen LogP contribution in [-0.4, -0.2) is 40.9 Å². The standard InChI is InChI=1S/C7H9N3O4S/c1-14-3-4(11)8-7-10-9-5(15-7)2-6(12)13/h2-3H2,1H3,(H,12,13)(H,8,10,11). The van der Waals surface area contributed by atoms with Gasteiger partial charge in [0.05, 0.1) is 6.42 Å². The van der Waals surface area contributed by atoms with Gasteiger partial charge in [-0.25, -0.2) is 0 Å². The average molecular weight is 231 g/mol. The Balaban J connectivity index is 2.52. The van der Waals surface area contributed by atoms with Crippen molar-refractivity contribution in [1.29, 1.82) is 0 Å². The fourth-order valence-corrected chi connectivity index (χ4v) is 1.54. The van der Waals surface area contributed by atoms with Crippen LogP contribution in [-0.2, 0) is 20.7 Å². The number of nitrogens with one attached hydrogen (secondary N) is 1. The molecule has 0 atom stereocenters. The molecule has 0 aliphatic rings. The van der Waals surface area contributed by atoms with Gasteiger partial charge in [0, 0.05) is 7.11 Å².